The maximum absolute atomic E-state index is 3.81. The Bertz CT molecular complexity index is 590. The van der Waals surface area contributed by atoms with Crippen molar-refractivity contribution in [3.8, 4) is 0 Å². The normalized spacial score (nSPS) is 47.5. The standard InChI is InChI=1S/C20H30N4/c1-2-14-10-16-5-6-18(23-16)12-20-8-7-19(24-20)11-17-4-3-15(22-17)9-13(1)21-14/h9-11,13-14,17-18,20-24H,1-8,12H2/b15-9-,16-10-,19-11-. The van der Waals surface area contributed by atoms with Crippen molar-refractivity contribution in [1.82, 2.24) is 21.3 Å². The van der Waals surface area contributed by atoms with Gasteiger partial charge < -0.3 is 21.3 Å². The Labute approximate surface area is 145 Å². The molecule has 0 radical (unpaired) electrons. The minimum Gasteiger partial charge on any atom is -0.386 e. The fourth-order valence-electron chi connectivity index (χ4n) is 5.17. The first-order chi connectivity index (χ1) is 11.8. The van der Waals surface area contributed by atoms with E-state index in [1.54, 1.807) is 0 Å². The molecule has 5 aliphatic heterocycles. The highest BCUT2D eigenvalue weighted by atomic mass is 15.0. The van der Waals surface area contributed by atoms with E-state index in [9.17, 15) is 0 Å². The molecule has 5 aliphatic rings. The minimum absolute atomic E-state index is 0.527. The Kier molecular flexibility index (Phi) is 3.81. The van der Waals surface area contributed by atoms with Gasteiger partial charge in [0, 0.05) is 47.3 Å². The summed E-state index contributed by atoms with van der Waals surface area (Å²) < 4.78 is 0. The Morgan fingerprint density at radius 2 is 1.12 bits per heavy atom. The van der Waals surface area contributed by atoms with Gasteiger partial charge in [-0.2, -0.15) is 0 Å². The van der Waals surface area contributed by atoms with E-state index in [1.165, 1.54) is 74.9 Å². The summed E-state index contributed by atoms with van der Waals surface area (Å²) in [5.74, 6) is 0. The molecule has 5 heterocycles. The third-order valence-electron chi connectivity index (χ3n) is 6.39. The summed E-state index contributed by atoms with van der Waals surface area (Å²) in [5, 5.41) is 15.2. The molecule has 0 saturated carbocycles. The van der Waals surface area contributed by atoms with Crippen molar-refractivity contribution in [3.63, 3.8) is 0 Å². The number of nitrogens with one attached hydrogen (secondary N) is 4. The van der Waals surface area contributed by atoms with Crippen LogP contribution in [-0.2, 0) is 0 Å². The highest BCUT2D eigenvalue weighted by molar-refractivity contribution is 5.21. The average Bonchev–Trinajstić information content (AvgIpc) is 3.32. The molecule has 0 spiro atoms. The lowest BCUT2D eigenvalue weighted by atomic mass is 10.0. The summed E-state index contributed by atoms with van der Waals surface area (Å²) in [5.41, 5.74) is 4.40. The van der Waals surface area contributed by atoms with Crippen molar-refractivity contribution in [2.24, 2.45) is 0 Å². The highest BCUT2D eigenvalue weighted by Gasteiger charge is 2.29. The number of hydrogen-bond donors (Lipinski definition) is 4. The van der Waals surface area contributed by atoms with Gasteiger partial charge in [0.1, 0.15) is 0 Å². The van der Waals surface area contributed by atoms with E-state index in [-0.39, 0.29) is 0 Å². The molecule has 0 amide bonds. The van der Waals surface area contributed by atoms with Crippen LogP contribution in [0.15, 0.2) is 35.3 Å². The van der Waals surface area contributed by atoms with Crippen LogP contribution >= 0.6 is 0 Å². The fraction of sp³-hybridized carbons (Fsp3) is 0.700. The van der Waals surface area contributed by atoms with Crippen molar-refractivity contribution in [2.75, 3.05) is 0 Å². The zero-order chi connectivity index (χ0) is 15.9. The quantitative estimate of drug-likeness (QED) is 0.552. The first-order valence-electron chi connectivity index (χ1n) is 9.98. The predicted molar refractivity (Wildman–Crippen MR) is 97.3 cm³/mol. The summed E-state index contributed by atoms with van der Waals surface area (Å²) in [6, 6.07) is 2.94. The molecule has 0 aromatic heterocycles. The molecule has 4 saturated heterocycles. The van der Waals surface area contributed by atoms with Crippen LogP contribution in [0.2, 0.25) is 0 Å². The summed E-state index contributed by atoms with van der Waals surface area (Å²) in [6.07, 6.45) is 18.7. The summed E-state index contributed by atoms with van der Waals surface area (Å²) in [4.78, 5) is 0. The number of fused-ring (bicyclic) bond motifs is 8. The number of allylic oxidation sites excluding steroid dienone is 3. The van der Waals surface area contributed by atoms with Gasteiger partial charge in [0.05, 0.1) is 0 Å². The molecule has 8 bridgehead atoms. The van der Waals surface area contributed by atoms with E-state index in [4.69, 9.17) is 0 Å². The van der Waals surface area contributed by atoms with Crippen LogP contribution in [0, 0.1) is 0 Å². The fourth-order valence-corrected chi connectivity index (χ4v) is 5.17. The Morgan fingerprint density at radius 1 is 0.583 bits per heavy atom. The second-order valence-electron chi connectivity index (χ2n) is 8.32. The van der Waals surface area contributed by atoms with Crippen LogP contribution in [0.4, 0.5) is 0 Å². The van der Waals surface area contributed by atoms with Gasteiger partial charge >= 0.3 is 0 Å². The van der Waals surface area contributed by atoms with Crippen LogP contribution in [0.1, 0.15) is 57.8 Å². The molecule has 4 heteroatoms. The van der Waals surface area contributed by atoms with Gasteiger partial charge in [-0.25, -0.2) is 0 Å². The Hall–Kier alpha value is -1.42. The lowest BCUT2D eigenvalue weighted by Gasteiger charge is -2.18. The molecule has 4 N–H and O–H groups in total. The van der Waals surface area contributed by atoms with E-state index in [1.807, 2.05) is 0 Å². The summed E-state index contributed by atoms with van der Waals surface area (Å²) in [7, 11) is 0. The average molecular weight is 326 g/mol. The van der Waals surface area contributed by atoms with E-state index in [0.29, 0.717) is 30.2 Å². The lowest BCUT2D eigenvalue weighted by molar-refractivity contribution is 0.469. The first-order valence-corrected chi connectivity index (χ1v) is 9.98. The van der Waals surface area contributed by atoms with E-state index < -0.39 is 0 Å². The Morgan fingerprint density at radius 3 is 1.79 bits per heavy atom. The second kappa shape index (κ2) is 6.14. The van der Waals surface area contributed by atoms with Gasteiger partial charge in [0.2, 0.25) is 0 Å². The summed E-state index contributed by atoms with van der Waals surface area (Å²) >= 11 is 0. The molecule has 24 heavy (non-hydrogen) atoms. The first kappa shape index (κ1) is 14.9. The second-order valence-corrected chi connectivity index (χ2v) is 8.32. The van der Waals surface area contributed by atoms with Crippen LogP contribution in [0.25, 0.3) is 0 Å². The maximum atomic E-state index is 3.81. The zero-order valence-corrected chi connectivity index (χ0v) is 14.5. The third-order valence-corrected chi connectivity index (χ3v) is 6.39. The molecule has 0 aromatic carbocycles. The van der Waals surface area contributed by atoms with Crippen molar-refractivity contribution in [3.05, 3.63) is 35.3 Å². The van der Waals surface area contributed by atoms with E-state index >= 15 is 0 Å². The van der Waals surface area contributed by atoms with Gasteiger partial charge in [-0.15, -0.1) is 0 Å². The van der Waals surface area contributed by atoms with Gasteiger partial charge in [-0.1, -0.05) is 0 Å². The van der Waals surface area contributed by atoms with Crippen molar-refractivity contribution >= 4 is 0 Å². The lowest BCUT2D eigenvalue weighted by Crippen LogP contribution is -2.32. The third kappa shape index (κ3) is 3.08. The molecule has 5 rings (SSSR count). The van der Waals surface area contributed by atoms with Crippen molar-refractivity contribution in [1.29, 1.82) is 0 Å². The molecule has 4 fully saturated rings. The van der Waals surface area contributed by atoms with Crippen molar-refractivity contribution in [2.45, 2.75) is 88.0 Å². The van der Waals surface area contributed by atoms with Crippen LogP contribution in [-0.4, -0.2) is 30.2 Å². The van der Waals surface area contributed by atoms with Gasteiger partial charge in [0.15, 0.2) is 0 Å². The van der Waals surface area contributed by atoms with Crippen LogP contribution < -0.4 is 21.3 Å². The zero-order valence-electron chi connectivity index (χ0n) is 14.5. The molecule has 0 aromatic rings. The topological polar surface area (TPSA) is 48.1 Å². The Balaban J connectivity index is 1.39. The molecule has 5 atom stereocenters. The van der Waals surface area contributed by atoms with E-state index in [2.05, 4.69) is 39.5 Å². The monoisotopic (exact) mass is 326 g/mol. The minimum atomic E-state index is 0.527. The van der Waals surface area contributed by atoms with Crippen molar-refractivity contribution < 1.29 is 0 Å². The molecule has 5 unspecified atom stereocenters. The smallest absolute Gasteiger partial charge is 0.0464 e. The molecule has 4 nitrogen and oxygen atoms in total. The number of rotatable bonds is 0. The maximum Gasteiger partial charge on any atom is 0.0464 e. The van der Waals surface area contributed by atoms with Gasteiger partial charge in [0.25, 0.3) is 0 Å². The molecule has 130 valence electrons. The van der Waals surface area contributed by atoms with Crippen LogP contribution in [0.5, 0.6) is 0 Å². The molecule has 0 aliphatic carbocycles. The molecular formula is C20H30N4. The predicted octanol–water partition coefficient (Wildman–Crippen LogP) is 2.42. The summed E-state index contributed by atoms with van der Waals surface area (Å²) in [6.45, 7) is 0. The van der Waals surface area contributed by atoms with Gasteiger partial charge in [-0.3, -0.25) is 0 Å². The SMILES string of the molecule is C1=C2/CCC(/C=C3/CCC(CC4CC/C(=C/C5CCC/1N5)N4)N3)N2. The highest BCUT2D eigenvalue weighted by Crippen LogP contribution is 2.28. The number of hydrogen-bond acceptors (Lipinski definition) is 4. The van der Waals surface area contributed by atoms with Crippen LogP contribution in [0.3, 0.4) is 0 Å². The molecular weight excluding hydrogens is 296 g/mol. The van der Waals surface area contributed by atoms with Gasteiger partial charge in [-0.05, 0) is 76.0 Å². The largest absolute Gasteiger partial charge is 0.386 e. The van der Waals surface area contributed by atoms with E-state index in [0.717, 1.165) is 0 Å².